The van der Waals surface area contributed by atoms with Gasteiger partial charge in [-0.05, 0) is 62.9 Å². The fourth-order valence-electron chi connectivity index (χ4n) is 3.87. The smallest absolute Gasteiger partial charge is 0.329 e. The lowest BCUT2D eigenvalue weighted by atomic mass is 10.0. The molecule has 188 valence electrons. The molecule has 0 radical (unpaired) electrons. The van der Waals surface area contributed by atoms with E-state index in [1.54, 1.807) is 32.9 Å². The van der Waals surface area contributed by atoms with Crippen molar-refractivity contribution in [2.24, 2.45) is 5.73 Å². The highest BCUT2D eigenvalue weighted by molar-refractivity contribution is 5.97. The van der Waals surface area contributed by atoms with Gasteiger partial charge in [0.05, 0.1) is 0 Å². The Kier molecular flexibility index (Phi) is 8.64. The molecule has 3 aromatic carbocycles. The van der Waals surface area contributed by atoms with Gasteiger partial charge in [0, 0.05) is 18.5 Å². The predicted octanol–water partition coefficient (Wildman–Crippen LogP) is 5.28. The number of amides is 2. The maximum Gasteiger partial charge on any atom is 0.329 e. The van der Waals surface area contributed by atoms with Gasteiger partial charge in [-0.1, -0.05) is 72.3 Å². The van der Waals surface area contributed by atoms with E-state index in [1.165, 1.54) is 4.90 Å². The summed E-state index contributed by atoms with van der Waals surface area (Å²) in [5, 5.41) is 0. The lowest BCUT2D eigenvalue weighted by Crippen LogP contribution is -2.47. The van der Waals surface area contributed by atoms with E-state index in [9.17, 15) is 14.4 Å². The molecule has 0 aliphatic carbocycles. The molecule has 2 amide bonds. The van der Waals surface area contributed by atoms with Crippen molar-refractivity contribution in [1.29, 1.82) is 0 Å². The minimum Gasteiger partial charge on any atom is -0.458 e. The van der Waals surface area contributed by atoms with Gasteiger partial charge in [0.2, 0.25) is 5.91 Å². The summed E-state index contributed by atoms with van der Waals surface area (Å²) in [6.45, 7) is 7.47. The third kappa shape index (κ3) is 7.54. The first-order chi connectivity index (χ1) is 17.0. The third-order valence-corrected chi connectivity index (χ3v) is 5.69. The van der Waals surface area contributed by atoms with Gasteiger partial charge in [0.1, 0.15) is 11.6 Å². The molecule has 0 spiro atoms. The van der Waals surface area contributed by atoms with Crippen molar-refractivity contribution in [2.75, 3.05) is 0 Å². The zero-order valence-electron chi connectivity index (χ0n) is 21.4. The lowest BCUT2D eigenvalue weighted by molar-refractivity contribution is -0.161. The molecule has 0 aliphatic heterocycles. The van der Waals surface area contributed by atoms with Gasteiger partial charge in [0.15, 0.2) is 0 Å². The molecular weight excluding hydrogens is 452 g/mol. The average molecular weight is 487 g/mol. The second-order valence-electron chi connectivity index (χ2n) is 9.92. The van der Waals surface area contributed by atoms with E-state index in [4.69, 9.17) is 10.5 Å². The molecule has 6 heteroatoms. The number of carbonyl (C=O) groups is 3. The van der Waals surface area contributed by atoms with Crippen molar-refractivity contribution in [1.82, 2.24) is 4.90 Å². The minimum atomic E-state index is -0.973. The minimum absolute atomic E-state index is 0.0471. The second kappa shape index (κ2) is 11.7. The number of hydrogen-bond acceptors (Lipinski definition) is 4. The number of nitrogens with two attached hydrogens (primary N) is 1. The molecule has 2 N–H and O–H groups in total. The summed E-state index contributed by atoms with van der Waals surface area (Å²) < 4.78 is 5.65. The quantitative estimate of drug-likeness (QED) is 0.417. The van der Waals surface area contributed by atoms with Crippen LogP contribution in [0.25, 0.3) is 11.1 Å². The molecule has 0 aromatic heterocycles. The molecule has 36 heavy (non-hydrogen) atoms. The van der Waals surface area contributed by atoms with Crippen LogP contribution in [0.1, 0.15) is 55.1 Å². The van der Waals surface area contributed by atoms with E-state index in [0.29, 0.717) is 5.56 Å². The highest BCUT2D eigenvalue weighted by Crippen LogP contribution is 2.23. The van der Waals surface area contributed by atoms with Crippen LogP contribution in [0.5, 0.6) is 0 Å². The Labute approximate surface area is 213 Å². The number of aryl methyl sites for hydroxylation is 1. The van der Waals surface area contributed by atoms with E-state index < -0.39 is 23.5 Å². The Balaban J connectivity index is 1.98. The first-order valence-electron chi connectivity index (χ1n) is 12.1. The van der Waals surface area contributed by atoms with Crippen molar-refractivity contribution in [3.63, 3.8) is 0 Å². The van der Waals surface area contributed by atoms with Crippen LogP contribution in [0, 0.1) is 6.92 Å². The number of hydrogen-bond donors (Lipinski definition) is 1. The largest absolute Gasteiger partial charge is 0.458 e. The molecule has 0 unspecified atom stereocenters. The molecule has 0 saturated carbocycles. The van der Waals surface area contributed by atoms with Gasteiger partial charge in [-0.3, -0.25) is 9.59 Å². The van der Waals surface area contributed by atoms with Crippen molar-refractivity contribution < 1.29 is 19.1 Å². The summed E-state index contributed by atoms with van der Waals surface area (Å²) in [5.41, 5.74) is 9.07. The zero-order chi connectivity index (χ0) is 26.3. The highest BCUT2D eigenvalue weighted by atomic mass is 16.6. The molecule has 0 bridgehead atoms. The Morgan fingerprint density at radius 3 is 2.00 bits per heavy atom. The van der Waals surface area contributed by atoms with Gasteiger partial charge < -0.3 is 15.4 Å². The maximum absolute atomic E-state index is 13.8. The fraction of sp³-hybridized carbons (Fsp3) is 0.300. The fourth-order valence-corrected chi connectivity index (χ4v) is 3.87. The molecule has 6 nitrogen and oxygen atoms in total. The van der Waals surface area contributed by atoms with Crippen molar-refractivity contribution in [3.8, 4) is 11.1 Å². The second-order valence-corrected chi connectivity index (χ2v) is 9.92. The molecule has 3 aromatic rings. The number of rotatable bonds is 9. The molecule has 0 fully saturated rings. The lowest BCUT2D eigenvalue weighted by Gasteiger charge is -2.33. The van der Waals surface area contributed by atoms with E-state index in [0.717, 1.165) is 22.3 Å². The van der Waals surface area contributed by atoms with Crippen molar-refractivity contribution in [2.45, 2.75) is 58.7 Å². The Morgan fingerprint density at radius 1 is 0.861 bits per heavy atom. The van der Waals surface area contributed by atoms with E-state index >= 15 is 0 Å². The normalized spacial score (nSPS) is 12.0. The summed E-state index contributed by atoms with van der Waals surface area (Å²) in [7, 11) is 0. The van der Waals surface area contributed by atoms with Gasteiger partial charge >= 0.3 is 5.97 Å². The summed E-state index contributed by atoms with van der Waals surface area (Å²) in [5.74, 6) is -1.43. The highest BCUT2D eigenvalue weighted by Gasteiger charge is 2.34. The summed E-state index contributed by atoms with van der Waals surface area (Å²) in [6, 6.07) is 24.0. The van der Waals surface area contributed by atoms with E-state index in [1.807, 2.05) is 73.7 Å². The van der Waals surface area contributed by atoms with Crippen molar-refractivity contribution in [3.05, 3.63) is 95.6 Å². The van der Waals surface area contributed by atoms with Crippen molar-refractivity contribution >= 4 is 17.8 Å². The number of nitrogens with zero attached hydrogens (tertiary/aromatic N) is 1. The van der Waals surface area contributed by atoms with Crippen LogP contribution in [0.3, 0.4) is 0 Å². The van der Waals surface area contributed by atoms with Crippen LogP contribution in [0.15, 0.2) is 78.9 Å². The Bertz CT molecular complexity index is 1180. The first kappa shape index (κ1) is 26.7. The Hall–Kier alpha value is -3.93. The standard InChI is InChI=1S/C30H34N2O4/c1-21-10-12-22(13-11-21)20-32(26(18-19-27(31)33)29(35)36-30(2,3)4)28(34)25-16-14-24(15-17-25)23-8-6-5-7-9-23/h5-17,26H,18-20H2,1-4H3,(H2,31,33)/t26-/m0/s1. The molecule has 0 saturated heterocycles. The number of benzene rings is 3. The number of carbonyl (C=O) groups excluding carboxylic acids is 3. The van der Waals surface area contributed by atoms with E-state index in [-0.39, 0.29) is 25.3 Å². The van der Waals surface area contributed by atoms with Crippen LogP contribution in [-0.2, 0) is 20.9 Å². The summed E-state index contributed by atoms with van der Waals surface area (Å²) in [4.78, 5) is 40.2. The average Bonchev–Trinajstić information content (AvgIpc) is 2.83. The predicted molar refractivity (Wildman–Crippen MR) is 141 cm³/mol. The molecule has 0 aliphatic rings. The third-order valence-electron chi connectivity index (χ3n) is 5.69. The number of esters is 1. The summed E-state index contributed by atoms with van der Waals surface area (Å²) >= 11 is 0. The SMILES string of the molecule is Cc1ccc(CN(C(=O)c2ccc(-c3ccccc3)cc2)[C@@H](CCC(N)=O)C(=O)OC(C)(C)C)cc1. The molecule has 0 heterocycles. The number of ether oxygens (including phenoxy) is 1. The van der Waals surface area contributed by atoms with Crippen LogP contribution < -0.4 is 5.73 Å². The zero-order valence-corrected chi connectivity index (χ0v) is 21.4. The van der Waals surface area contributed by atoms with Crippen LogP contribution in [0.4, 0.5) is 0 Å². The summed E-state index contributed by atoms with van der Waals surface area (Å²) in [6.07, 6.45) is 0.0263. The van der Waals surface area contributed by atoms with E-state index in [2.05, 4.69) is 0 Å². The van der Waals surface area contributed by atoms with Gasteiger partial charge in [-0.2, -0.15) is 0 Å². The molecule has 1 atom stereocenters. The Morgan fingerprint density at radius 2 is 1.44 bits per heavy atom. The first-order valence-corrected chi connectivity index (χ1v) is 12.1. The van der Waals surface area contributed by atoms with Crippen LogP contribution in [-0.4, -0.2) is 34.3 Å². The van der Waals surface area contributed by atoms with Crippen LogP contribution in [0.2, 0.25) is 0 Å². The maximum atomic E-state index is 13.8. The topological polar surface area (TPSA) is 89.7 Å². The van der Waals surface area contributed by atoms with Gasteiger partial charge in [-0.25, -0.2) is 4.79 Å². The monoisotopic (exact) mass is 486 g/mol. The van der Waals surface area contributed by atoms with Gasteiger partial charge in [0.25, 0.3) is 5.91 Å². The number of primary amides is 1. The molecule has 3 rings (SSSR count). The van der Waals surface area contributed by atoms with Gasteiger partial charge in [-0.15, -0.1) is 0 Å². The molecular formula is C30H34N2O4. The van der Waals surface area contributed by atoms with Crippen LogP contribution >= 0.6 is 0 Å².